The van der Waals surface area contributed by atoms with Crippen molar-refractivity contribution in [1.29, 1.82) is 0 Å². The third-order valence-corrected chi connectivity index (χ3v) is 4.87. The van der Waals surface area contributed by atoms with Gasteiger partial charge in [-0.15, -0.1) is 0 Å². The Labute approximate surface area is 173 Å². The summed E-state index contributed by atoms with van der Waals surface area (Å²) in [6, 6.07) is 8.12. The Kier molecular flexibility index (Phi) is 6.18. The zero-order valence-electron chi connectivity index (χ0n) is 14.6. The topological polar surface area (TPSA) is 75.6 Å². The van der Waals surface area contributed by atoms with Crippen LogP contribution in [0.5, 0.6) is 0 Å². The van der Waals surface area contributed by atoms with Crippen LogP contribution in [0.1, 0.15) is 34.8 Å². The predicted octanol–water partition coefficient (Wildman–Crippen LogP) is 5.84. The van der Waals surface area contributed by atoms with Gasteiger partial charge < -0.3 is 19.3 Å². The van der Waals surface area contributed by atoms with Crippen molar-refractivity contribution in [1.82, 2.24) is 0 Å². The highest BCUT2D eigenvalue weighted by molar-refractivity contribution is 7.80. The number of rotatable bonds is 7. The quantitative estimate of drug-likeness (QED) is 0.398. The van der Waals surface area contributed by atoms with Gasteiger partial charge in [0.1, 0.15) is 17.3 Å². The lowest BCUT2D eigenvalue weighted by atomic mass is 10.1. The van der Waals surface area contributed by atoms with Crippen LogP contribution in [0.3, 0.4) is 0 Å². The summed E-state index contributed by atoms with van der Waals surface area (Å²) in [7, 11) is 0. The van der Waals surface area contributed by atoms with Gasteiger partial charge in [-0.25, -0.2) is 4.79 Å². The molecule has 0 radical (unpaired) electrons. The van der Waals surface area contributed by atoms with Crippen LogP contribution >= 0.6 is 24.2 Å². The standard InChI is InChI=1S/C19H15ClF3NO4S/c20-13-4-3-10(8-12(13)19(21,22)23)24-17(18(25)26)16-6-5-15(28-16)11(9-29)14-2-1-7-27-14/h1-8,11,17,24,29H,9H2,(H,25,26). The Morgan fingerprint density at radius 3 is 2.48 bits per heavy atom. The molecule has 2 atom stereocenters. The van der Waals surface area contributed by atoms with E-state index in [0.29, 0.717) is 17.3 Å². The summed E-state index contributed by atoms with van der Waals surface area (Å²) in [5, 5.41) is 11.6. The number of furan rings is 2. The van der Waals surface area contributed by atoms with E-state index < -0.39 is 28.8 Å². The molecule has 10 heteroatoms. The SMILES string of the molecule is O=C(O)C(Nc1ccc(Cl)c(C(F)(F)F)c1)c1ccc(C(CS)c2ccco2)o1. The number of carboxylic acid groups (broad SMARTS) is 1. The number of carboxylic acids is 1. The monoisotopic (exact) mass is 445 g/mol. The molecule has 0 aliphatic heterocycles. The number of halogens is 4. The average Bonchev–Trinajstić information content (AvgIpc) is 3.33. The van der Waals surface area contributed by atoms with E-state index in [1.807, 2.05) is 0 Å². The highest BCUT2D eigenvalue weighted by Gasteiger charge is 2.34. The van der Waals surface area contributed by atoms with Crippen molar-refractivity contribution in [3.8, 4) is 0 Å². The van der Waals surface area contributed by atoms with Crippen LogP contribution in [0.4, 0.5) is 18.9 Å². The van der Waals surface area contributed by atoms with Gasteiger partial charge in [0.15, 0.2) is 6.04 Å². The lowest BCUT2D eigenvalue weighted by molar-refractivity contribution is -0.138. The maximum atomic E-state index is 13.1. The highest BCUT2D eigenvalue weighted by atomic mass is 35.5. The summed E-state index contributed by atoms with van der Waals surface area (Å²) in [6.45, 7) is 0. The normalized spacial score (nSPS) is 13.8. The van der Waals surface area contributed by atoms with Gasteiger partial charge in [-0.1, -0.05) is 11.6 Å². The van der Waals surface area contributed by atoms with Crippen LogP contribution in [0.15, 0.2) is 57.6 Å². The number of anilines is 1. The van der Waals surface area contributed by atoms with Gasteiger partial charge in [-0.05, 0) is 42.5 Å². The molecule has 0 spiro atoms. The molecule has 0 saturated heterocycles. The molecule has 0 bridgehead atoms. The molecule has 2 aromatic heterocycles. The largest absolute Gasteiger partial charge is 0.479 e. The number of hydrogen-bond acceptors (Lipinski definition) is 5. The van der Waals surface area contributed by atoms with E-state index >= 15 is 0 Å². The minimum absolute atomic E-state index is 0.0225. The van der Waals surface area contributed by atoms with E-state index in [2.05, 4.69) is 17.9 Å². The first-order valence-corrected chi connectivity index (χ1v) is 9.31. The number of benzene rings is 1. The van der Waals surface area contributed by atoms with E-state index in [9.17, 15) is 23.1 Å². The molecule has 3 rings (SSSR count). The third-order valence-electron chi connectivity index (χ3n) is 4.17. The van der Waals surface area contributed by atoms with Gasteiger partial charge in [0.2, 0.25) is 0 Å². The molecule has 2 heterocycles. The average molecular weight is 446 g/mol. The predicted molar refractivity (Wildman–Crippen MR) is 104 cm³/mol. The summed E-state index contributed by atoms with van der Waals surface area (Å²) in [6.07, 6.45) is -3.18. The zero-order chi connectivity index (χ0) is 21.2. The molecule has 0 aliphatic rings. The third kappa shape index (κ3) is 4.73. The Hall–Kier alpha value is -2.52. The van der Waals surface area contributed by atoms with Crippen LogP contribution in [-0.2, 0) is 11.0 Å². The van der Waals surface area contributed by atoms with Gasteiger partial charge >= 0.3 is 12.1 Å². The van der Waals surface area contributed by atoms with Gasteiger partial charge in [-0.3, -0.25) is 0 Å². The molecule has 3 aromatic rings. The first kappa shape index (κ1) is 21.2. The van der Waals surface area contributed by atoms with E-state index in [1.165, 1.54) is 18.4 Å². The molecule has 1 aromatic carbocycles. The van der Waals surface area contributed by atoms with Gasteiger partial charge in [0, 0.05) is 11.4 Å². The second kappa shape index (κ2) is 8.46. The number of alkyl halides is 3. The maximum absolute atomic E-state index is 13.1. The zero-order valence-corrected chi connectivity index (χ0v) is 16.3. The summed E-state index contributed by atoms with van der Waals surface area (Å²) < 4.78 is 50.2. The fourth-order valence-corrected chi connectivity index (χ4v) is 3.36. The molecule has 0 aliphatic carbocycles. The Balaban J connectivity index is 1.88. The number of thiol groups is 1. The van der Waals surface area contributed by atoms with Crippen LogP contribution in [0.25, 0.3) is 0 Å². The number of nitrogens with one attached hydrogen (secondary N) is 1. The van der Waals surface area contributed by atoms with E-state index in [-0.39, 0.29) is 17.4 Å². The fourth-order valence-electron chi connectivity index (χ4n) is 2.77. The molecule has 0 fully saturated rings. The second-order valence-corrected chi connectivity index (χ2v) is 6.87. The fraction of sp³-hybridized carbons (Fsp3) is 0.211. The van der Waals surface area contributed by atoms with Crippen LogP contribution in [-0.4, -0.2) is 16.8 Å². The summed E-state index contributed by atoms with van der Waals surface area (Å²) in [4.78, 5) is 11.7. The molecule has 0 amide bonds. The van der Waals surface area contributed by atoms with Gasteiger partial charge in [0.05, 0.1) is 22.8 Å². The molecule has 29 heavy (non-hydrogen) atoms. The van der Waals surface area contributed by atoms with Crippen LogP contribution < -0.4 is 5.32 Å². The summed E-state index contributed by atoms with van der Waals surface area (Å²) in [5.41, 5.74) is -1.13. The first-order chi connectivity index (χ1) is 13.7. The summed E-state index contributed by atoms with van der Waals surface area (Å²) >= 11 is 9.87. The molecular weight excluding hydrogens is 431 g/mol. The number of hydrogen-bond donors (Lipinski definition) is 3. The van der Waals surface area contributed by atoms with Gasteiger partial charge in [0.25, 0.3) is 0 Å². The van der Waals surface area contributed by atoms with E-state index in [4.69, 9.17) is 20.4 Å². The molecule has 0 saturated carbocycles. The number of carbonyl (C=O) groups is 1. The summed E-state index contributed by atoms with van der Waals surface area (Å²) in [5.74, 6) is -0.288. The van der Waals surface area contributed by atoms with Gasteiger partial charge in [-0.2, -0.15) is 25.8 Å². The Morgan fingerprint density at radius 2 is 1.90 bits per heavy atom. The van der Waals surface area contributed by atoms with E-state index in [1.54, 1.807) is 18.2 Å². The van der Waals surface area contributed by atoms with Crippen LogP contribution in [0.2, 0.25) is 5.02 Å². The minimum Gasteiger partial charge on any atom is -0.479 e. The lowest BCUT2D eigenvalue weighted by Crippen LogP contribution is -2.20. The second-order valence-electron chi connectivity index (χ2n) is 6.10. The Bertz CT molecular complexity index is 988. The first-order valence-electron chi connectivity index (χ1n) is 8.30. The molecule has 5 nitrogen and oxygen atoms in total. The van der Waals surface area contributed by atoms with E-state index in [0.717, 1.165) is 12.1 Å². The van der Waals surface area contributed by atoms with Crippen molar-refractivity contribution in [3.05, 3.63) is 76.6 Å². The molecule has 2 unspecified atom stereocenters. The lowest BCUT2D eigenvalue weighted by Gasteiger charge is -2.16. The molecule has 2 N–H and O–H groups in total. The number of aliphatic carboxylic acids is 1. The van der Waals surface area contributed by atoms with Crippen molar-refractivity contribution >= 4 is 35.9 Å². The Morgan fingerprint density at radius 1 is 1.17 bits per heavy atom. The smallest absolute Gasteiger partial charge is 0.417 e. The maximum Gasteiger partial charge on any atom is 0.417 e. The van der Waals surface area contributed by atoms with Crippen molar-refractivity contribution in [3.63, 3.8) is 0 Å². The molecular formula is C19H15ClF3NO4S. The van der Waals surface area contributed by atoms with Crippen molar-refractivity contribution in [2.24, 2.45) is 0 Å². The van der Waals surface area contributed by atoms with Crippen molar-refractivity contribution in [2.45, 2.75) is 18.1 Å². The highest BCUT2D eigenvalue weighted by Crippen LogP contribution is 2.37. The minimum atomic E-state index is -4.67. The van der Waals surface area contributed by atoms with Crippen molar-refractivity contribution < 1.29 is 31.9 Å². The van der Waals surface area contributed by atoms with Crippen molar-refractivity contribution in [2.75, 3.05) is 11.1 Å². The van der Waals surface area contributed by atoms with Crippen LogP contribution in [0, 0.1) is 0 Å². The molecule has 154 valence electrons.